The van der Waals surface area contributed by atoms with Crippen molar-refractivity contribution in [1.29, 1.82) is 0 Å². The van der Waals surface area contributed by atoms with E-state index < -0.39 is 11.5 Å². The van der Waals surface area contributed by atoms with Crippen molar-refractivity contribution in [2.75, 3.05) is 36.5 Å². The Morgan fingerprint density at radius 1 is 1.09 bits per heavy atom. The quantitative estimate of drug-likeness (QED) is 0.576. The number of anilines is 2. The molecule has 2 heterocycles. The van der Waals surface area contributed by atoms with Crippen molar-refractivity contribution < 1.29 is 14.6 Å². The average molecular weight is 447 g/mol. The minimum absolute atomic E-state index is 0.344. The van der Waals surface area contributed by atoms with Crippen LogP contribution in [-0.2, 0) is 16.0 Å². The number of hydrogen-bond donors (Lipinski definition) is 2. The zero-order valence-electron chi connectivity index (χ0n) is 19.1. The van der Waals surface area contributed by atoms with Crippen molar-refractivity contribution in [3.8, 4) is 11.3 Å². The Bertz CT molecular complexity index is 1080. The highest BCUT2D eigenvalue weighted by Gasteiger charge is 2.27. The fraction of sp³-hybridized carbons (Fsp3) is 0.346. The summed E-state index contributed by atoms with van der Waals surface area (Å²) in [4.78, 5) is 23.7. The zero-order chi connectivity index (χ0) is 23.3. The molecule has 1 aromatic heterocycles. The summed E-state index contributed by atoms with van der Waals surface area (Å²) in [5, 5.41) is 12.8. The summed E-state index contributed by atoms with van der Waals surface area (Å²) in [6.07, 6.45) is 2.77. The van der Waals surface area contributed by atoms with Crippen molar-refractivity contribution in [2.24, 2.45) is 0 Å². The summed E-state index contributed by atoms with van der Waals surface area (Å²) in [6.45, 7) is 6.67. The number of carbonyl (C=O) groups excluding carboxylic acids is 1. The lowest BCUT2D eigenvalue weighted by Gasteiger charge is -2.28. The van der Waals surface area contributed by atoms with Gasteiger partial charge in [-0.25, -0.2) is 9.97 Å². The monoisotopic (exact) mass is 446 g/mol. The molecule has 0 unspecified atom stereocenters. The molecule has 0 saturated carbocycles. The zero-order valence-corrected chi connectivity index (χ0v) is 19.1. The number of carbonyl (C=O) groups is 1. The van der Waals surface area contributed by atoms with Crippen molar-refractivity contribution in [2.45, 2.75) is 32.3 Å². The Morgan fingerprint density at radius 3 is 2.45 bits per heavy atom. The second-order valence-corrected chi connectivity index (χ2v) is 8.46. The van der Waals surface area contributed by atoms with Crippen LogP contribution in [0.3, 0.4) is 0 Å². The van der Waals surface area contributed by atoms with Gasteiger partial charge in [-0.1, -0.05) is 31.2 Å². The molecule has 1 atom stereocenters. The van der Waals surface area contributed by atoms with Crippen LogP contribution in [0.5, 0.6) is 0 Å². The predicted molar refractivity (Wildman–Crippen MR) is 129 cm³/mol. The predicted octanol–water partition coefficient (Wildman–Crippen LogP) is 3.67. The molecular formula is C26H30N4O3. The smallest absolute Gasteiger partial charge is 0.256 e. The van der Waals surface area contributed by atoms with Gasteiger partial charge in [0.1, 0.15) is 11.4 Å². The highest BCUT2D eigenvalue weighted by molar-refractivity contribution is 5.96. The molecule has 7 nitrogen and oxygen atoms in total. The van der Waals surface area contributed by atoms with Gasteiger partial charge in [0.05, 0.1) is 18.9 Å². The molecule has 1 aliphatic rings. The largest absolute Gasteiger partial charge is 0.380 e. The summed E-state index contributed by atoms with van der Waals surface area (Å²) < 4.78 is 5.43. The van der Waals surface area contributed by atoms with E-state index in [0.29, 0.717) is 18.5 Å². The third kappa shape index (κ3) is 5.74. The van der Waals surface area contributed by atoms with Gasteiger partial charge >= 0.3 is 0 Å². The molecule has 7 heteroatoms. The molecule has 1 fully saturated rings. The Labute approximate surface area is 194 Å². The average Bonchev–Trinajstić information content (AvgIpc) is 2.85. The summed E-state index contributed by atoms with van der Waals surface area (Å²) >= 11 is 0. The van der Waals surface area contributed by atoms with E-state index in [1.165, 1.54) is 12.6 Å². The van der Waals surface area contributed by atoms with Gasteiger partial charge in [-0.2, -0.15) is 0 Å². The van der Waals surface area contributed by atoms with E-state index in [0.717, 1.165) is 48.9 Å². The van der Waals surface area contributed by atoms with E-state index in [9.17, 15) is 9.90 Å². The van der Waals surface area contributed by atoms with Gasteiger partial charge in [-0.05, 0) is 49.2 Å². The molecule has 0 spiro atoms. The van der Waals surface area contributed by atoms with E-state index in [1.54, 1.807) is 13.1 Å². The first-order valence-corrected chi connectivity index (χ1v) is 11.3. The van der Waals surface area contributed by atoms with Crippen molar-refractivity contribution in [3.63, 3.8) is 0 Å². The van der Waals surface area contributed by atoms with Crippen molar-refractivity contribution in [3.05, 3.63) is 72.2 Å². The molecule has 1 aliphatic heterocycles. The fourth-order valence-corrected chi connectivity index (χ4v) is 3.62. The van der Waals surface area contributed by atoms with Gasteiger partial charge in [0.2, 0.25) is 0 Å². The summed E-state index contributed by atoms with van der Waals surface area (Å²) in [6, 6.07) is 17.9. The molecule has 1 amide bonds. The number of aromatic nitrogens is 2. The maximum absolute atomic E-state index is 12.2. The normalized spacial score (nSPS) is 15.7. The van der Waals surface area contributed by atoms with Crippen LogP contribution >= 0.6 is 0 Å². The first-order valence-electron chi connectivity index (χ1n) is 11.3. The molecule has 4 rings (SSSR count). The third-order valence-electron chi connectivity index (χ3n) is 6.00. The molecule has 0 bridgehead atoms. The Morgan fingerprint density at radius 2 is 1.79 bits per heavy atom. The topological polar surface area (TPSA) is 87.6 Å². The van der Waals surface area contributed by atoms with Crippen LogP contribution in [0.2, 0.25) is 0 Å². The Balaban J connectivity index is 1.42. The van der Waals surface area contributed by atoms with Gasteiger partial charge in [0.15, 0.2) is 0 Å². The standard InChI is InChI=1S/C26H30N4O3/c1-3-26(2,32)25(31)28-21-8-6-20(7-9-21)23-12-13-27-24(29-23)18-19-4-10-22(11-5-19)30-14-16-33-17-15-30/h4-13,32H,3,14-18H2,1-2H3,(H,28,31)/t26-/m0/s1. The van der Waals surface area contributed by atoms with E-state index >= 15 is 0 Å². The number of nitrogens with one attached hydrogen (secondary N) is 1. The lowest BCUT2D eigenvalue weighted by atomic mass is 10.0. The molecule has 2 N–H and O–H groups in total. The van der Waals surface area contributed by atoms with E-state index in [4.69, 9.17) is 9.72 Å². The highest BCUT2D eigenvalue weighted by atomic mass is 16.5. The lowest BCUT2D eigenvalue weighted by molar-refractivity contribution is -0.132. The van der Waals surface area contributed by atoms with Gasteiger partial charge in [-0.3, -0.25) is 4.79 Å². The number of ether oxygens (including phenoxy) is 1. The van der Waals surface area contributed by atoms with Gasteiger partial charge in [0, 0.05) is 42.6 Å². The Hall–Kier alpha value is -3.29. The number of rotatable bonds is 7. The Kier molecular flexibility index (Phi) is 7.01. The maximum Gasteiger partial charge on any atom is 0.256 e. The first kappa shape index (κ1) is 22.9. The highest BCUT2D eigenvalue weighted by Crippen LogP contribution is 2.22. The van der Waals surface area contributed by atoms with Crippen LogP contribution < -0.4 is 10.2 Å². The minimum atomic E-state index is -1.39. The van der Waals surface area contributed by atoms with Crippen LogP contribution in [-0.4, -0.2) is 52.9 Å². The number of hydrogen-bond acceptors (Lipinski definition) is 6. The molecule has 33 heavy (non-hydrogen) atoms. The number of amides is 1. The summed E-state index contributed by atoms with van der Waals surface area (Å²) in [5.41, 5.74) is 3.37. The van der Waals surface area contributed by atoms with Crippen LogP contribution in [0.1, 0.15) is 31.7 Å². The number of benzene rings is 2. The fourth-order valence-electron chi connectivity index (χ4n) is 3.62. The van der Waals surface area contributed by atoms with E-state index in [1.807, 2.05) is 30.3 Å². The SMILES string of the molecule is CC[C@](C)(O)C(=O)Nc1ccc(-c2ccnc(Cc3ccc(N4CCOCC4)cc3)n2)cc1. The molecule has 3 aromatic rings. The number of aliphatic hydroxyl groups is 1. The molecule has 0 radical (unpaired) electrons. The van der Waals surface area contributed by atoms with Crippen LogP contribution in [0, 0.1) is 0 Å². The van der Waals surface area contributed by atoms with Gasteiger partial charge in [-0.15, -0.1) is 0 Å². The second kappa shape index (κ2) is 10.1. The molecule has 0 aliphatic carbocycles. The van der Waals surface area contributed by atoms with Crippen molar-refractivity contribution in [1.82, 2.24) is 9.97 Å². The maximum atomic E-state index is 12.2. The minimum Gasteiger partial charge on any atom is -0.380 e. The van der Waals surface area contributed by atoms with Crippen LogP contribution in [0.25, 0.3) is 11.3 Å². The summed E-state index contributed by atoms with van der Waals surface area (Å²) in [5.74, 6) is 0.338. The molecule has 1 saturated heterocycles. The summed E-state index contributed by atoms with van der Waals surface area (Å²) in [7, 11) is 0. The third-order valence-corrected chi connectivity index (χ3v) is 6.00. The molecule has 172 valence electrons. The molecule has 2 aromatic carbocycles. The van der Waals surface area contributed by atoms with E-state index in [2.05, 4.69) is 39.5 Å². The first-order chi connectivity index (χ1) is 15.9. The van der Waals surface area contributed by atoms with E-state index in [-0.39, 0.29) is 0 Å². The van der Waals surface area contributed by atoms with Crippen molar-refractivity contribution >= 4 is 17.3 Å². The van der Waals surface area contributed by atoms with Gasteiger partial charge in [0.25, 0.3) is 5.91 Å². The second-order valence-electron chi connectivity index (χ2n) is 8.46. The van der Waals surface area contributed by atoms with Gasteiger partial charge < -0.3 is 20.1 Å². The van der Waals surface area contributed by atoms with Crippen LogP contribution in [0.4, 0.5) is 11.4 Å². The van der Waals surface area contributed by atoms with Crippen LogP contribution in [0.15, 0.2) is 60.8 Å². The number of morpholine rings is 1. The lowest BCUT2D eigenvalue weighted by Crippen LogP contribution is -2.39. The number of nitrogens with zero attached hydrogens (tertiary/aromatic N) is 3. The molecular weight excluding hydrogens is 416 g/mol.